The quantitative estimate of drug-likeness (QED) is 0.887. The normalized spacial score (nSPS) is 18.2. The first-order valence-corrected chi connectivity index (χ1v) is 8.44. The third-order valence-electron chi connectivity index (χ3n) is 4.14. The van der Waals surface area contributed by atoms with Crippen LogP contribution in [0.4, 0.5) is 5.82 Å². The van der Waals surface area contributed by atoms with Crippen molar-refractivity contribution in [3.8, 4) is 0 Å². The molecular formula is C14H24N4OS. The van der Waals surface area contributed by atoms with Crippen molar-refractivity contribution in [3.05, 3.63) is 22.7 Å². The standard InChI is InChI=1S/C14H24N4OS/c1-3-7-18-10-6-16-12(13(18)19)17-8-4-14(11-15,20-2)5-9-17/h6,10H,3-5,7-9,11,15H2,1-2H3. The van der Waals surface area contributed by atoms with Crippen molar-refractivity contribution in [2.45, 2.75) is 37.5 Å². The number of piperidine rings is 1. The van der Waals surface area contributed by atoms with E-state index >= 15 is 0 Å². The van der Waals surface area contributed by atoms with Gasteiger partial charge in [-0.15, -0.1) is 0 Å². The predicted octanol–water partition coefficient (Wildman–Crippen LogP) is 1.31. The van der Waals surface area contributed by atoms with Crippen molar-refractivity contribution < 1.29 is 0 Å². The fourth-order valence-electron chi connectivity index (χ4n) is 2.69. The van der Waals surface area contributed by atoms with Crippen LogP contribution in [-0.4, -0.2) is 40.2 Å². The van der Waals surface area contributed by atoms with Crippen LogP contribution in [0, 0.1) is 0 Å². The third-order valence-corrected chi connectivity index (χ3v) is 5.58. The fraction of sp³-hybridized carbons (Fsp3) is 0.714. The number of nitrogens with two attached hydrogens (primary N) is 1. The Balaban J connectivity index is 2.15. The molecule has 0 spiro atoms. The SMILES string of the molecule is CCCn1ccnc(N2CCC(CN)(SC)CC2)c1=O. The summed E-state index contributed by atoms with van der Waals surface area (Å²) in [5.74, 6) is 0.590. The van der Waals surface area contributed by atoms with E-state index in [0.717, 1.165) is 38.9 Å². The summed E-state index contributed by atoms with van der Waals surface area (Å²) in [6.45, 7) is 5.23. The van der Waals surface area contributed by atoms with Crippen LogP contribution in [0.15, 0.2) is 17.2 Å². The van der Waals surface area contributed by atoms with Crippen LogP contribution in [0.25, 0.3) is 0 Å². The maximum absolute atomic E-state index is 12.4. The molecule has 1 saturated heterocycles. The molecule has 0 aromatic carbocycles. The van der Waals surface area contributed by atoms with E-state index in [1.165, 1.54) is 0 Å². The Morgan fingerprint density at radius 3 is 2.70 bits per heavy atom. The van der Waals surface area contributed by atoms with Crippen molar-refractivity contribution in [2.75, 3.05) is 30.8 Å². The summed E-state index contributed by atoms with van der Waals surface area (Å²) >= 11 is 1.85. The summed E-state index contributed by atoms with van der Waals surface area (Å²) in [7, 11) is 0. The number of anilines is 1. The average Bonchev–Trinajstić information content (AvgIpc) is 2.50. The maximum atomic E-state index is 12.4. The Hall–Kier alpha value is -1.01. The van der Waals surface area contributed by atoms with E-state index in [2.05, 4.69) is 23.1 Å². The highest BCUT2D eigenvalue weighted by Gasteiger charge is 2.33. The van der Waals surface area contributed by atoms with Crippen LogP contribution < -0.4 is 16.2 Å². The van der Waals surface area contributed by atoms with Gasteiger partial charge in [-0.25, -0.2) is 4.98 Å². The van der Waals surface area contributed by atoms with Crippen LogP contribution in [0.2, 0.25) is 0 Å². The van der Waals surface area contributed by atoms with Gasteiger partial charge >= 0.3 is 0 Å². The average molecular weight is 296 g/mol. The number of aromatic nitrogens is 2. The lowest BCUT2D eigenvalue weighted by molar-refractivity contribution is 0.453. The summed E-state index contributed by atoms with van der Waals surface area (Å²) < 4.78 is 1.93. The highest BCUT2D eigenvalue weighted by Crippen LogP contribution is 2.34. The first kappa shape index (κ1) is 15.4. The zero-order valence-electron chi connectivity index (χ0n) is 12.3. The first-order valence-electron chi connectivity index (χ1n) is 7.21. The molecule has 0 unspecified atom stereocenters. The van der Waals surface area contributed by atoms with E-state index in [0.29, 0.717) is 12.4 Å². The fourth-order valence-corrected chi connectivity index (χ4v) is 3.44. The molecule has 1 fully saturated rings. The molecule has 2 rings (SSSR count). The zero-order valence-corrected chi connectivity index (χ0v) is 13.2. The Morgan fingerprint density at radius 1 is 1.45 bits per heavy atom. The van der Waals surface area contributed by atoms with E-state index < -0.39 is 0 Å². The van der Waals surface area contributed by atoms with E-state index in [1.54, 1.807) is 17.0 Å². The highest BCUT2D eigenvalue weighted by atomic mass is 32.2. The molecule has 20 heavy (non-hydrogen) atoms. The van der Waals surface area contributed by atoms with Gasteiger partial charge in [-0.3, -0.25) is 4.79 Å². The van der Waals surface area contributed by atoms with Crippen molar-refractivity contribution in [2.24, 2.45) is 5.73 Å². The molecule has 0 atom stereocenters. The highest BCUT2D eigenvalue weighted by molar-refractivity contribution is 8.00. The first-order chi connectivity index (χ1) is 9.65. The van der Waals surface area contributed by atoms with Gasteiger partial charge < -0.3 is 15.2 Å². The number of hydrogen-bond donors (Lipinski definition) is 1. The molecule has 1 aromatic heterocycles. The molecule has 1 aromatic rings. The van der Waals surface area contributed by atoms with Crippen LogP contribution in [0.3, 0.4) is 0 Å². The smallest absolute Gasteiger partial charge is 0.293 e. The topological polar surface area (TPSA) is 64.2 Å². The monoisotopic (exact) mass is 296 g/mol. The molecule has 0 aliphatic carbocycles. The van der Waals surface area contributed by atoms with Crippen LogP contribution in [-0.2, 0) is 6.54 Å². The second-order valence-electron chi connectivity index (χ2n) is 5.33. The van der Waals surface area contributed by atoms with E-state index in [-0.39, 0.29) is 10.3 Å². The number of rotatable bonds is 5. The molecule has 5 nitrogen and oxygen atoms in total. The minimum absolute atomic E-state index is 0.0266. The molecule has 0 radical (unpaired) electrons. The summed E-state index contributed by atoms with van der Waals surface area (Å²) in [5.41, 5.74) is 5.93. The van der Waals surface area contributed by atoms with Gasteiger partial charge in [0, 0.05) is 43.3 Å². The van der Waals surface area contributed by atoms with Gasteiger partial charge in [0.2, 0.25) is 0 Å². The molecule has 0 amide bonds. The lowest BCUT2D eigenvalue weighted by Gasteiger charge is -2.40. The van der Waals surface area contributed by atoms with Gasteiger partial charge in [0.1, 0.15) is 0 Å². The number of nitrogens with zero attached hydrogens (tertiary/aromatic N) is 3. The van der Waals surface area contributed by atoms with Gasteiger partial charge in [-0.2, -0.15) is 11.8 Å². The maximum Gasteiger partial charge on any atom is 0.293 e. The lowest BCUT2D eigenvalue weighted by Crippen LogP contribution is -2.48. The molecule has 0 bridgehead atoms. The molecule has 2 heterocycles. The molecule has 1 aliphatic heterocycles. The Bertz CT molecular complexity index is 488. The lowest BCUT2D eigenvalue weighted by atomic mass is 9.96. The summed E-state index contributed by atoms with van der Waals surface area (Å²) in [4.78, 5) is 18.8. The van der Waals surface area contributed by atoms with Crippen LogP contribution in [0.1, 0.15) is 26.2 Å². The van der Waals surface area contributed by atoms with Crippen molar-refractivity contribution in [3.63, 3.8) is 0 Å². The van der Waals surface area contributed by atoms with Gasteiger partial charge in [0.25, 0.3) is 5.56 Å². The van der Waals surface area contributed by atoms with Crippen LogP contribution in [0.5, 0.6) is 0 Å². The number of hydrogen-bond acceptors (Lipinski definition) is 5. The number of thioether (sulfide) groups is 1. The Kier molecular flexibility index (Phi) is 5.10. The largest absolute Gasteiger partial charge is 0.352 e. The van der Waals surface area contributed by atoms with E-state index in [4.69, 9.17) is 5.73 Å². The molecule has 0 saturated carbocycles. The molecular weight excluding hydrogens is 272 g/mol. The molecule has 112 valence electrons. The minimum atomic E-state index is 0.0266. The summed E-state index contributed by atoms with van der Waals surface area (Å²) in [6, 6.07) is 0. The zero-order chi connectivity index (χ0) is 14.6. The van der Waals surface area contributed by atoms with Gasteiger partial charge in [0.05, 0.1) is 0 Å². The van der Waals surface area contributed by atoms with Crippen LogP contribution >= 0.6 is 11.8 Å². The third kappa shape index (κ3) is 3.01. The summed E-state index contributed by atoms with van der Waals surface area (Å²) in [6.07, 6.45) is 8.59. The van der Waals surface area contributed by atoms with Gasteiger partial charge in [-0.1, -0.05) is 6.92 Å². The Labute approximate surface area is 124 Å². The van der Waals surface area contributed by atoms with E-state index in [9.17, 15) is 4.79 Å². The molecule has 1 aliphatic rings. The minimum Gasteiger partial charge on any atom is -0.352 e. The predicted molar refractivity (Wildman–Crippen MR) is 85.5 cm³/mol. The van der Waals surface area contributed by atoms with E-state index in [1.807, 2.05) is 11.8 Å². The number of aryl methyl sites for hydroxylation is 1. The van der Waals surface area contributed by atoms with Gasteiger partial charge in [0.15, 0.2) is 5.82 Å². The van der Waals surface area contributed by atoms with Crippen molar-refractivity contribution in [1.82, 2.24) is 9.55 Å². The summed E-state index contributed by atoms with van der Waals surface area (Å²) in [5, 5.41) is 0. The molecule has 6 heteroatoms. The van der Waals surface area contributed by atoms with Gasteiger partial charge in [-0.05, 0) is 25.5 Å². The second-order valence-corrected chi connectivity index (χ2v) is 6.60. The second kappa shape index (κ2) is 6.63. The van der Waals surface area contributed by atoms with Crippen molar-refractivity contribution >= 4 is 17.6 Å². The molecule has 2 N–H and O–H groups in total. The van der Waals surface area contributed by atoms with Crippen molar-refractivity contribution in [1.29, 1.82) is 0 Å². The Morgan fingerprint density at radius 2 is 2.15 bits per heavy atom.